The van der Waals surface area contributed by atoms with Gasteiger partial charge in [0.1, 0.15) is 23.7 Å². The van der Waals surface area contributed by atoms with Gasteiger partial charge in [-0.3, -0.25) is 4.79 Å². The Balaban J connectivity index is 2.14. The van der Waals surface area contributed by atoms with Crippen LogP contribution in [0.2, 0.25) is 0 Å². The number of hydrogen-bond acceptors (Lipinski definition) is 4. The summed E-state index contributed by atoms with van der Waals surface area (Å²) in [6.07, 6.45) is 3.40. The third-order valence-electron chi connectivity index (χ3n) is 3.30. The number of halogens is 1. The minimum Gasteiger partial charge on any atom is -0.357 e. The van der Waals surface area contributed by atoms with Crippen molar-refractivity contribution in [3.63, 3.8) is 0 Å². The maximum Gasteiger partial charge on any atom is 0.274 e. The Kier molecular flexibility index (Phi) is 6.02. The van der Waals surface area contributed by atoms with Gasteiger partial charge in [0.15, 0.2) is 0 Å². The molecule has 0 aliphatic rings. The number of hydrogen-bond donors (Lipinski definition) is 1. The van der Waals surface area contributed by atoms with Gasteiger partial charge in [-0.25, -0.2) is 14.4 Å². The van der Waals surface area contributed by atoms with Gasteiger partial charge in [-0.15, -0.1) is 0 Å². The van der Waals surface area contributed by atoms with Gasteiger partial charge in [0, 0.05) is 24.8 Å². The summed E-state index contributed by atoms with van der Waals surface area (Å²) in [5.41, 5.74) is 0.812. The van der Waals surface area contributed by atoms with E-state index in [-0.39, 0.29) is 17.4 Å². The second kappa shape index (κ2) is 8.22. The fourth-order valence-electron chi connectivity index (χ4n) is 2.25. The van der Waals surface area contributed by atoms with E-state index in [1.807, 2.05) is 0 Å². The molecule has 0 radical (unpaired) electrons. The van der Waals surface area contributed by atoms with Crippen molar-refractivity contribution >= 4 is 17.4 Å². The lowest BCUT2D eigenvalue weighted by Gasteiger charge is -2.22. The minimum atomic E-state index is -0.345. The number of amides is 1. The highest BCUT2D eigenvalue weighted by Gasteiger charge is 2.12. The first-order valence-corrected chi connectivity index (χ1v) is 7.78. The maximum absolute atomic E-state index is 12.9. The fourth-order valence-corrected chi connectivity index (χ4v) is 2.25. The molecule has 0 fully saturated rings. The molecule has 0 atom stereocenters. The van der Waals surface area contributed by atoms with E-state index in [9.17, 15) is 9.18 Å². The van der Waals surface area contributed by atoms with Gasteiger partial charge >= 0.3 is 0 Å². The van der Waals surface area contributed by atoms with Crippen molar-refractivity contribution < 1.29 is 9.18 Å². The number of nitrogens with one attached hydrogen (secondary N) is 1. The molecule has 0 bridgehead atoms. The number of carbonyl (C=O) groups is 1. The summed E-state index contributed by atoms with van der Waals surface area (Å²) in [5, 5.41) is 2.70. The molecule has 1 amide bonds. The number of nitrogens with zero attached hydrogens (tertiary/aromatic N) is 3. The third kappa shape index (κ3) is 4.74. The van der Waals surface area contributed by atoms with E-state index in [1.165, 1.54) is 30.6 Å². The fraction of sp³-hybridized carbons (Fsp3) is 0.353. The van der Waals surface area contributed by atoms with Crippen LogP contribution in [0.1, 0.15) is 37.2 Å². The lowest BCUT2D eigenvalue weighted by Crippen LogP contribution is -2.26. The molecule has 6 heteroatoms. The zero-order chi connectivity index (χ0) is 16.7. The normalized spacial score (nSPS) is 10.4. The van der Waals surface area contributed by atoms with Crippen LogP contribution < -0.4 is 10.2 Å². The molecule has 23 heavy (non-hydrogen) atoms. The van der Waals surface area contributed by atoms with Gasteiger partial charge in [0.05, 0.1) is 0 Å². The van der Waals surface area contributed by atoms with Crippen LogP contribution >= 0.6 is 0 Å². The van der Waals surface area contributed by atoms with E-state index in [2.05, 4.69) is 34.0 Å². The Hall–Kier alpha value is -2.50. The van der Waals surface area contributed by atoms with Crippen molar-refractivity contribution in [2.24, 2.45) is 0 Å². The zero-order valence-corrected chi connectivity index (χ0v) is 13.4. The van der Waals surface area contributed by atoms with Crippen molar-refractivity contribution in [3.05, 3.63) is 48.2 Å². The molecule has 1 aromatic heterocycles. The standard InChI is InChI=1S/C17H21FN4O/c1-3-9-22(10-4-2)16-11-15(19-12-20-16)17(23)21-14-7-5-13(18)6-8-14/h5-8,11-12H,3-4,9-10H2,1-2H3,(H,21,23). The van der Waals surface area contributed by atoms with Gasteiger partial charge in [0.25, 0.3) is 5.91 Å². The summed E-state index contributed by atoms with van der Waals surface area (Å²) >= 11 is 0. The summed E-state index contributed by atoms with van der Waals surface area (Å²) in [7, 11) is 0. The Morgan fingerprint density at radius 1 is 1.13 bits per heavy atom. The molecule has 122 valence electrons. The van der Waals surface area contributed by atoms with Crippen molar-refractivity contribution in [1.29, 1.82) is 0 Å². The van der Waals surface area contributed by atoms with E-state index in [1.54, 1.807) is 6.07 Å². The second-order valence-corrected chi connectivity index (χ2v) is 5.21. The van der Waals surface area contributed by atoms with E-state index in [0.29, 0.717) is 5.69 Å². The van der Waals surface area contributed by atoms with Crippen LogP contribution in [-0.2, 0) is 0 Å². The third-order valence-corrected chi connectivity index (χ3v) is 3.30. The smallest absolute Gasteiger partial charge is 0.274 e. The molecule has 2 rings (SSSR count). The molecule has 5 nitrogen and oxygen atoms in total. The van der Waals surface area contributed by atoms with Crippen LogP contribution in [0, 0.1) is 5.82 Å². The summed E-state index contributed by atoms with van der Waals surface area (Å²) < 4.78 is 12.9. The van der Waals surface area contributed by atoms with Crippen LogP contribution in [0.25, 0.3) is 0 Å². The molecule has 0 spiro atoms. The Morgan fingerprint density at radius 3 is 2.39 bits per heavy atom. The molecule has 0 saturated carbocycles. The van der Waals surface area contributed by atoms with Crippen molar-refractivity contribution in [3.8, 4) is 0 Å². The molecule has 0 unspecified atom stereocenters. The van der Waals surface area contributed by atoms with Crippen LogP contribution in [-0.4, -0.2) is 29.0 Å². The largest absolute Gasteiger partial charge is 0.357 e. The summed E-state index contributed by atoms with van der Waals surface area (Å²) in [5.74, 6) is 0.0586. The van der Waals surface area contributed by atoms with Gasteiger partial charge < -0.3 is 10.2 Å². The summed E-state index contributed by atoms with van der Waals surface area (Å²) in [6, 6.07) is 7.30. The first kappa shape index (κ1) is 16.9. The lowest BCUT2D eigenvalue weighted by atomic mass is 10.3. The van der Waals surface area contributed by atoms with Crippen molar-refractivity contribution in [2.45, 2.75) is 26.7 Å². The maximum atomic E-state index is 12.9. The molecule has 0 aliphatic carbocycles. The van der Waals surface area contributed by atoms with Gasteiger partial charge in [0.2, 0.25) is 0 Å². The average molecular weight is 316 g/mol. The Morgan fingerprint density at radius 2 is 1.78 bits per heavy atom. The topological polar surface area (TPSA) is 58.1 Å². The lowest BCUT2D eigenvalue weighted by molar-refractivity contribution is 0.102. The number of benzene rings is 1. The molecule has 0 aliphatic heterocycles. The van der Waals surface area contributed by atoms with Gasteiger partial charge in [-0.1, -0.05) is 13.8 Å². The van der Waals surface area contributed by atoms with Crippen molar-refractivity contribution in [2.75, 3.05) is 23.3 Å². The zero-order valence-electron chi connectivity index (χ0n) is 13.4. The van der Waals surface area contributed by atoms with Gasteiger partial charge in [-0.2, -0.15) is 0 Å². The van der Waals surface area contributed by atoms with E-state index in [4.69, 9.17) is 0 Å². The molecular weight excluding hydrogens is 295 g/mol. The predicted molar refractivity (Wildman–Crippen MR) is 89.2 cm³/mol. The molecular formula is C17H21FN4O. The monoisotopic (exact) mass is 316 g/mol. The molecule has 1 heterocycles. The quantitative estimate of drug-likeness (QED) is 0.849. The number of rotatable bonds is 7. The van der Waals surface area contributed by atoms with Crippen LogP contribution in [0.4, 0.5) is 15.9 Å². The molecule has 0 saturated heterocycles. The summed E-state index contributed by atoms with van der Waals surface area (Å²) in [6.45, 7) is 5.96. The van der Waals surface area contributed by atoms with Crippen molar-refractivity contribution in [1.82, 2.24) is 9.97 Å². The minimum absolute atomic E-state index is 0.288. The van der Waals surface area contributed by atoms with E-state index in [0.717, 1.165) is 31.7 Å². The highest BCUT2D eigenvalue weighted by atomic mass is 19.1. The van der Waals surface area contributed by atoms with Crippen LogP contribution in [0.5, 0.6) is 0 Å². The molecule has 2 aromatic rings. The second-order valence-electron chi connectivity index (χ2n) is 5.21. The predicted octanol–water partition coefficient (Wildman–Crippen LogP) is 3.49. The molecule has 1 N–H and O–H groups in total. The highest BCUT2D eigenvalue weighted by Crippen LogP contribution is 2.14. The number of aromatic nitrogens is 2. The molecule has 1 aromatic carbocycles. The highest BCUT2D eigenvalue weighted by molar-refractivity contribution is 6.03. The Labute approximate surface area is 135 Å². The SMILES string of the molecule is CCCN(CCC)c1cc(C(=O)Nc2ccc(F)cc2)ncn1. The van der Waals surface area contributed by atoms with Crippen LogP contribution in [0.15, 0.2) is 36.7 Å². The van der Waals surface area contributed by atoms with Crippen LogP contribution in [0.3, 0.4) is 0 Å². The average Bonchev–Trinajstić information content (AvgIpc) is 2.57. The number of carbonyl (C=O) groups excluding carboxylic acids is 1. The first-order chi connectivity index (χ1) is 11.1. The number of anilines is 2. The first-order valence-electron chi connectivity index (χ1n) is 7.78. The summed E-state index contributed by atoms with van der Waals surface area (Å²) in [4.78, 5) is 22.7. The van der Waals surface area contributed by atoms with E-state index < -0.39 is 0 Å². The van der Waals surface area contributed by atoms with E-state index >= 15 is 0 Å². The van der Waals surface area contributed by atoms with Gasteiger partial charge in [-0.05, 0) is 37.1 Å². The Bertz CT molecular complexity index is 639.